The van der Waals surface area contributed by atoms with Crippen LogP contribution in [0.25, 0.3) is 0 Å². The summed E-state index contributed by atoms with van der Waals surface area (Å²) in [5.41, 5.74) is 0.763. The van der Waals surface area contributed by atoms with Gasteiger partial charge in [-0.2, -0.15) is 0 Å². The van der Waals surface area contributed by atoms with E-state index in [0.29, 0.717) is 6.42 Å². The third kappa shape index (κ3) is 3.88. The fourth-order valence-electron chi connectivity index (χ4n) is 2.49. The molecule has 20 heavy (non-hydrogen) atoms. The molecular formula is C15H20BrNO3. The van der Waals surface area contributed by atoms with Gasteiger partial charge in [0.2, 0.25) is 0 Å². The second-order valence-electron chi connectivity index (χ2n) is 4.99. The molecule has 0 amide bonds. The second kappa shape index (κ2) is 7.31. The highest BCUT2D eigenvalue weighted by molar-refractivity contribution is 9.10. The number of methoxy groups -OCH3 is 2. The molecule has 4 nitrogen and oxygen atoms in total. The summed E-state index contributed by atoms with van der Waals surface area (Å²) in [5, 5.41) is 0. The van der Waals surface area contributed by atoms with Gasteiger partial charge in [-0.1, -0.05) is 28.1 Å². The molecule has 1 heterocycles. The minimum Gasteiger partial charge on any atom is -0.377 e. The Balaban J connectivity index is 1.83. The van der Waals surface area contributed by atoms with Crippen molar-refractivity contribution in [3.05, 3.63) is 34.3 Å². The Hall–Kier alpha value is -0.750. The van der Waals surface area contributed by atoms with Crippen LogP contribution < -0.4 is 0 Å². The maximum absolute atomic E-state index is 12.1. The Morgan fingerprint density at radius 3 is 2.25 bits per heavy atom. The van der Waals surface area contributed by atoms with Gasteiger partial charge in [-0.15, -0.1) is 0 Å². The van der Waals surface area contributed by atoms with Gasteiger partial charge in [-0.05, 0) is 12.1 Å². The van der Waals surface area contributed by atoms with Crippen LogP contribution in [0.1, 0.15) is 16.8 Å². The number of Topliss-reactive ketones (excluding diaryl/α,β-unsaturated/α-hetero) is 1. The largest absolute Gasteiger partial charge is 0.377 e. The van der Waals surface area contributed by atoms with Gasteiger partial charge >= 0.3 is 0 Å². The Kier molecular flexibility index (Phi) is 5.72. The zero-order chi connectivity index (χ0) is 14.5. The normalized spacial score (nSPS) is 23.1. The fourth-order valence-corrected chi connectivity index (χ4v) is 2.76. The van der Waals surface area contributed by atoms with Crippen LogP contribution in [0, 0.1) is 0 Å². The van der Waals surface area contributed by atoms with Crippen LogP contribution in [0.15, 0.2) is 28.7 Å². The first-order chi connectivity index (χ1) is 9.63. The first kappa shape index (κ1) is 15.6. The molecule has 1 aliphatic rings. The molecule has 1 aromatic rings. The van der Waals surface area contributed by atoms with Gasteiger partial charge in [-0.3, -0.25) is 9.69 Å². The van der Waals surface area contributed by atoms with Crippen LogP contribution in [-0.2, 0) is 9.47 Å². The SMILES string of the molecule is COC1CN(CCC(=O)c2ccc(Br)cc2)CC1OC. The Morgan fingerprint density at radius 2 is 1.75 bits per heavy atom. The highest BCUT2D eigenvalue weighted by Crippen LogP contribution is 2.17. The summed E-state index contributed by atoms with van der Waals surface area (Å²) in [6.07, 6.45) is 0.722. The maximum Gasteiger partial charge on any atom is 0.164 e. The summed E-state index contributed by atoms with van der Waals surface area (Å²) < 4.78 is 11.8. The third-order valence-corrected chi connectivity index (χ3v) is 4.25. The lowest BCUT2D eigenvalue weighted by Gasteiger charge is -2.14. The molecule has 110 valence electrons. The summed E-state index contributed by atoms with van der Waals surface area (Å²) in [4.78, 5) is 14.3. The summed E-state index contributed by atoms with van der Waals surface area (Å²) in [5.74, 6) is 0.173. The average molecular weight is 342 g/mol. The monoisotopic (exact) mass is 341 g/mol. The van der Waals surface area contributed by atoms with Gasteiger partial charge in [0.15, 0.2) is 5.78 Å². The predicted octanol–water partition coefficient (Wildman–Crippen LogP) is 2.37. The van der Waals surface area contributed by atoms with Crippen molar-refractivity contribution in [1.82, 2.24) is 4.90 Å². The van der Waals surface area contributed by atoms with E-state index in [0.717, 1.165) is 29.7 Å². The van der Waals surface area contributed by atoms with Crippen molar-refractivity contribution in [3.63, 3.8) is 0 Å². The number of benzene rings is 1. The summed E-state index contributed by atoms with van der Waals surface area (Å²) in [6, 6.07) is 7.49. The highest BCUT2D eigenvalue weighted by Gasteiger charge is 2.32. The Bertz CT molecular complexity index is 437. The third-order valence-electron chi connectivity index (χ3n) is 3.72. The van der Waals surface area contributed by atoms with Gasteiger partial charge in [-0.25, -0.2) is 0 Å². The standard InChI is InChI=1S/C15H20BrNO3/c1-19-14-9-17(10-15(14)20-2)8-7-13(18)11-3-5-12(16)6-4-11/h3-6,14-15H,7-10H2,1-2H3. The Labute approximate surface area is 128 Å². The predicted molar refractivity (Wildman–Crippen MR) is 81.1 cm³/mol. The molecule has 0 aliphatic carbocycles. The number of hydrogen-bond acceptors (Lipinski definition) is 4. The number of halogens is 1. The highest BCUT2D eigenvalue weighted by atomic mass is 79.9. The van der Waals surface area contributed by atoms with Crippen molar-refractivity contribution < 1.29 is 14.3 Å². The van der Waals surface area contributed by atoms with Crippen LogP contribution >= 0.6 is 15.9 Å². The van der Waals surface area contributed by atoms with E-state index in [2.05, 4.69) is 20.8 Å². The van der Waals surface area contributed by atoms with Crippen molar-refractivity contribution in [2.24, 2.45) is 0 Å². The van der Waals surface area contributed by atoms with Gasteiger partial charge in [0.25, 0.3) is 0 Å². The summed E-state index contributed by atoms with van der Waals surface area (Å²) in [7, 11) is 3.40. The van der Waals surface area contributed by atoms with E-state index >= 15 is 0 Å². The number of ketones is 1. The number of ether oxygens (including phenoxy) is 2. The van der Waals surface area contributed by atoms with Crippen molar-refractivity contribution in [2.45, 2.75) is 18.6 Å². The van der Waals surface area contributed by atoms with Crippen LogP contribution in [-0.4, -0.2) is 56.7 Å². The Morgan fingerprint density at radius 1 is 1.20 bits per heavy atom. The van der Waals surface area contributed by atoms with E-state index in [-0.39, 0.29) is 18.0 Å². The second-order valence-corrected chi connectivity index (χ2v) is 5.90. The first-order valence-corrected chi connectivity index (χ1v) is 7.50. The molecule has 0 saturated carbocycles. The maximum atomic E-state index is 12.1. The lowest BCUT2D eigenvalue weighted by molar-refractivity contribution is -0.00461. The smallest absolute Gasteiger partial charge is 0.164 e. The zero-order valence-electron chi connectivity index (χ0n) is 11.8. The van der Waals surface area contributed by atoms with Crippen molar-refractivity contribution in [1.29, 1.82) is 0 Å². The van der Waals surface area contributed by atoms with Crippen molar-refractivity contribution in [3.8, 4) is 0 Å². The lowest BCUT2D eigenvalue weighted by atomic mass is 10.1. The zero-order valence-corrected chi connectivity index (χ0v) is 13.4. The molecule has 2 atom stereocenters. The van der Waals surface area contributed by atoms with Crippen LogP contribution in [0.2, 0.25) is 0 Å². The van der Waals surface area contributed by atoms with E-state index in [1.807, 2.05) is 24.3 Å². The molecule has 1 saturated heterocycles. The van der Waals surface area contributed by atoms with Gasteiger partial charge in [0.05, 0.1) is 12.2 Å². The quantitative estimate of drug-likeness (QED) is 0.744. The van der Waals surface area contributed by atoms with Gasteiger partial charge < -0.3 is 9.47 Å². The molecule has 0 radical (unpaired) electrons. The molecule has 0 N–H and O–H groups in total. The topological polar surface area (TPSA) is 38.8 Å². The minimum atomic E-state index is 0.0998. The molecule has 0 spiro atoms. The number of carbonyl (C=O) groups is 1. The molecule has 2 rings (SSSR count). The molecular weight excluding hydrogens is 322 g/mol. The van der Waals surface area contributed by atoms with Gasteiger partial charge in [0.1, 0.15) is 0 Å². The van der Waals surface area contributed by atoms with E-state index in [4.69, 9.17) is 9.47 Å². The van der Waals surface area contributed by atoms with Crippen LogP contribution in [0.4, 0.5) is 0 Å². The van der Waals surface area contributed by atoms with E-state index in [9.17, 15) is 4.79 Å². The fraction of sp³-hybridized carbons (Fsp3) is 0.533. The molecule has 1 aliphatic heterocycles. The van der Waals surface area contributed by atoms with Crippen molar-refractivity contribution >= 4 is 21.7 Å². The summed E-state index contributed by atoms with van der Waals surface area (Å²) in [6.45, 7) is 2.39. The lowest BCUT2D eigenvalue weighted by Crippen LogP contribution is -2.27. The first-order valence-electron chi connectivity index (χ1n) is 6.70. The van der Waals surface area contributed by atoms with E-state index in [1.54, 1.807) is 14.2 Å². The number of carbonyl (C=O) groups excluding carboxylic acids is 1. The van der Waals surface area contributed by atoms with Crippen LogP contribution in [0.5, 0.6) is 0 Å². The minimum absolute atomic E-state index is 0.0998. The summed E-state index contributed by atoms with van der Waals surface area (Å²) >= 11 is 3.37. The molecule has 0 bridgehead atoms. The van der Waals surface area contributed by atoms with Crippen LogP contribution in [0.3, 0.4) is 0 Å². The number of rotatable bonds is 6. The number of likely N-dealkylation sites (tertiary alicyclic amines) is 1. The molecule has 1 aromatic carbocycles. The van der Waals surface area contributed by atoms with Gasteiger partial charge in [0, 0.05) is 50.3 Å². The van der Waals surface area contributed by atoms with Crippen molar-refractivity contribution in [2.75, 3.05) is 33.9 Å². The molecule has 2 unspecified atom stereocenters. The number of nitrogens with zero attached hydrogens (tertiary/aromatic N) is 1. The average Bonchev–Trinajstić information content (AvgIpc) is 2.88. The van der Waals surface area contributed by atoms with E-state index in [1.165, 1.54) is 0 Å². The number of hydrogen-bond donors (Lipinski definition) is 0. The molecule has 5 heteroatoms. The van der Waals surface area contributed by atoms with E-state index < -0.39 is 0 Å². The molecule has 0 aromatic heterocycles. The molecule has 1 fully saturated rings.